The van der Waals surface area contributed by atoms with Crippen molar-refractivity contribution >= 4 is 5.97 Å². The third-order valence-electron chi connectivity index (χ3n) is 2.72. The van der Waals surface area contributed by atoms with Crippen molar-refractivity contribution < 1.29 is 19.4 Å². The number of benzene rings is 1. The first-order valence-corrected chi connectivity index (χ1v) is 6.75. The number of phenolic OH excluding ortho intramolecular Hbond substituents is 1. The normalized spacial score (nSPS) is 11.9. The largest absolute Gasteiger partial charge is 0.508 e. The lowest BCUT2D eigenvalue weighted by Gasteiger charge is -2.14. The van der Waals surface area contributed by atoms with Gasteiger partial charge in [-0.15, -0.1) is 0 Å². The second-order valence-corrected chi connectivity index (χ2v) is 4.48. The quantitative estimate of drug-likeness (QED) is 0.579. The van der Waals surface area contributed by atoms with Crippen molar-refractivity contribution in [1.29, 1.82) is 0 Å². The molecule has 0 aliphatic carbocycles. The molecule has 0 unspecified atom stereocenters. The fourth-order valence-electron chi connectivity index (χ4n) is 1.60. The first kappa shape index (κ1) is 15.3. The second kappa shape index (κ2) is 8.40. The van der Waals surface area contributed by atoms with Crippen molar-refractivity contribution in [3.8, 4) is 11.5 Å². The average Bonchev–Trinajstić information content (AvgIpc) is 2.41. The van der Waals surface area contributed by atoms with Crippen LogP contribution in [0.2, 0.25) is 0 Å². The Balaban J connectivity index is 2.26. The zero-order valence-electron chi connectivity index (χ0n) is 11.6. The van der Waals surface area contributed by atoms with Gasteiger partial charge in [-0.05, 0) is 37.6 Å². The van der Waals surface area contributed by atoms with Gasteiger partial charge >= 0.3 is 5.97 Å². The van der Waals surface area contributed by atoms with Crippen LogP contribution in [0.5, 0.6) is 11.5 Å². The highest BCUT2D eigenvalue weighted by Gasteiger charge is 2.15. The van der Waals surface area contributed by atoms with E-state index in [1.165, 1.54) is 12.1 Å². The van der Waals surface area contributed by atoms with Crippen molar-refractivity contribution in [2.75, 3.05) is 6.61 Å². The predicted octanol–water partition coefficient (Wildman–Crippen LogP) is 3.28. The van der Waals surface area contributed by atoms with Crippen LogP contribution in [0.25, 0.3) is 0 Å². The van der Waals surface area contributed by atoms with Gasteiger partial charge < -0.3 is 14.6 Å². The molecule has 1 N–H and O–H groups in total. The topological polar surface area (TPSA) is 55.8 Å². The average molecular weight is 266 g/mol. The van der Waals surface area contributed by atoms with E-state index in [-0.39, 0.29) is 11.7 Å². The van der Waals surface area contributed by atoms with E-state index < -0.39 is 6.10 Å². The van der Waals surface area contributed by atoms with E-state index >= 15 is 0 Å². The summed E-state index contributed by atoms with van der Waals surface area (Å²) in [6, 6.07) is 6.25. The minimum Gasteiger partial charge on any atom is -0.508 e. The Morgan fingerprint density at radius 1 is 1.21 bits per heavy atom. The molecule has 4 heteroatoms. The summed E-state index contributed by atoms with van der Waals surface area (Å²) >= 11 is 0. The van der Waals surface area contributed by atoms with Gasteiger partial charge in [0, 0.05) is 0 Å². The van der Waals surface area contributed by atoms with Crippen LogP contribution >= 0.6 is 0 Å². The highest BCUT2D eigenvalue weighted by atomic mass is 16.6. The standard InChI is InChI=1S/C15H22O4/c1-3-4-5-6-11-18-15(17)12(2)19-14-9-7-13(16)8-10-14/h7-10,12,16H,3-6,11H2,1-2H3/t12-/m1/s1. The Hall–Kier alpha value is -1.71. The van der Waals surface area contributed by atoms with Crippen molar-refractivity contribution in [2.24, 2.45) is 0 Å². The molecule has 0 heterocycles. The first-order valence-electron chi connectivity index (χ1n) is 6.75. The maximum absolute atomic E-state index is 11.7. The molecule has 19 heavy (non-hydrogen) atoms. The van der Waals surface area contributed by atoms with E-state index in [1.807, 2.05) is 0 Å². The lowest BCUT2D eigenvalue weighted by atomic mass is 10.2. The van der Waals surface area contributed by atoms with E-state index in [9.17, 15) is 4.79 Å². The van der Waals surface area contributed by atoms with Crippen LogP contribution < -0.4 is 4.74 Å². The molecule has 0 saturated carbocycles. The zero-order valence-corrected chi connectivity index (χ0v) is 11.6. The second-order valence-electron chi connectivity index (χ2n) is 4.48. The number of phenols is 1. The number of esters is 1. The number of unbranched alkanes of at least 4 members (excludes halogenated alkanes) is 3. The molecule has 0 saturated heterocycles. The molecule has 0 aliphatic heterocycles. The van der Waals surface area contributed by atoms with Crippen LogP contribution in [0.4, 0.5) is 0 Å². The number of carbonyl (C=O) groups is 1. The number of carbonyl (C=O) groups excluding carboxylic acids is 1. The molecule has 0 spiro atoms. The number of aromatic hydroxyl groups is 1. The molecular formula is C15H22O4. The first-order chi connectivity index (χ1) is 9.13. The summed E-state index contributed by atoms with van der Waals surface area (Å²) < 4.78 is 10.6. The summed E-state index contributed by atoms with van der Waals surface area (Å²) in [4.78, 5) is 11.7. The number of rotatable bonds is 8. The van der Waals surface area contributed by atoms with Crippen LogP contribution in [-0.2, 0) is 9.53 Å². The summed E-state index contributed by atoms with van der Waals surface area (Å²) in [7, 11) is 0. The Morgan fingerprint density at radius 3 is 2.53 bits per heavy atom. The van der Waals surface area contributed by atoms with E-state index in [0.717, 1.165) is 25.7 Å². The van der Waals surface area contributed by atoms with Gasteiger partial charge in [-0.1, -0.05) is 26.2 Å². The van der Waals surface area contributed by atoms with Gasteiger partial charge in [0.2, 0.25) is 0 Å². The highest BCUT2D eigenvalue weighted by Crippen LogP contribution is 2.17. The summed E-state index contributed by atoms with van der Waals surface area (Å²) in [6.07, 6.45) is 3.66. The summed E-state index contributed by atoms with van der Waals surface area (Å²) in [5, 5.41) is 9.14. The molecule has 1 rings (SSSR count). The van der Waals surface area contributed by atoms with Crippen molar-refractivity contribution in [3.05, 3.63) is 24.3 Å². The Labute approximate surface area is 114 Å². The minimum atomic E-state index is -0.643. The van der Waals surface area contributed by atoms with Crippen LogP contribution in [0.1, 0.15) is 39.5 Å². The van der Waals surface area contributed by atoms with E-state index in [2.05, 4.69) is 6.92 Å². The Kier molecular flexibility index (Phi) is 6.79. The fourth-order valence-corrected chi connectivity index (χ4v) is 1.60. The molecule has 0 aromatic heterocycles. The van der Waals surface area contributed by atoms with Crippen molar-refractivity contribution in [1.82, 2.24) is 0 Å². The molecule has 106 valence electrons. The smallest absolute Gasteiger partial charge is 0.347 e. The van der Waals surface area contributed by atoms with Gasteiger partial charge in [-0.25, -0.2) is 4.79 Å². The predicted molar refractivity (Wildman–Crippen MR) is 73.3 cm³/mol. The van der Waals surface area contributed by atoms with E-state index in [1.54, 1.807) is 19.1 Å². The van der Waals surface area contributed by atoms with Crippen LogP contribution in [0, 0.1) is 0 Å². The Morgan fingerprint density at radius 2 is 1.89 bits per heavy atom. The van der Waals surface area contributed by atoms with Gasteiger partial charge in [0.1, 0.15) is 11.5 Å². The minimum absolute atomic E-state index is 0.165. The third kappa shape index (κ3) is 6.13. The molecule has 1 aromatic carbocycles. The lowest BCUT2D eigenvalue weighted by Crippen LogP contribution is -2.26. The maximum Gasteiger partial charge on any atom is 0.347 e. The molecular weight excluding hydrogens is 244 g/mol. The zero-order chi connectivity index (χ0) is 14.1. The van der Waals surface area contributed by atoms with Crippen molar-refractivity contribution in [2.45, 2.75) is 45.6 Å². The van der Waals surface area contributed by atoms with Crippen LogP contribution in [0.3, 0.4) is 0 Å². The number of hydrogen-bond acceptors (Lipinski definition) is 4. The molecule has 4 nitrogen and oxygen atoms in total. The summed E-state index contributed by atoms with van der Waals surface area (Å²) in [6.45, 7) is 4.24. The summed E-state index contributed by atoms with van der Waals surface area (Å²) in [5.41, 5.74) is 0. The molecule has 0 fully saturated rings. The highest BCUT2D eigenvalue weighted by molar-refractivity contribution is 5.74. The molecule has 0 amide bonds. The van der Waals surface area contributed by atoms with E-state index in [4.69, 9.17) is 14.6 Å². The van der Waals surface area contributed by atoms with Gasteiger partial charge in [0.25, 0.3) is 0 Å². The number of ether oxygens (including phenoxy) is 2. The molecule has 1 aromatic rings. The number of hydrogen-bond donors (Lipinski definition) is 1. The Bertz CT molecular complexity index is 372. The molecule has 0 aliphatic rings. The van der Waals surface area contributed by atoms with Crippen LogP contribution in [0.15, 0.2) is 24.3 Å². The van der Waals surface area contributed by atoms with Gasteiger partial charge in [0.15, 0.2) is 6.10 Å². The molecule has 1 atom stereocenters. The van der Waals surface area contributed by atoms with Crippen LogP contribution in [-0.4, -0.2) is 23.8 Å². The van der Waals surface area contributed by atoms with Gasteiger partial charge in [-0.2, -0.15) is 0 Å². The van der Waals surface area contributed by atoms with Gasteiger partial charge in [-0.3, -0.25) is 0 Å². The molecule has 0 bridgehead atoms. The van der Waals surface area contributed by atoms with Crippen molar-refractivity contribution in [3.63, 3.8) is 0 Å². The lowest BCUT2D eigenvalue weighted by molar-refractivity contribution is -0.151. The monoisotopic (exact) mass is 266 g/mol. The third-order valence-corrected chi connectivity index (χ3v) is 2.72. The fraction of sp³-hybridized carbons (Fsp3) is 0.533. The maximum atomic E-state index is 11.7. The van der Waals surface area contributed by atoms with Gasteiger partial charge in [0.05, 0.1) is 6.61 Å². The molecule has 0 radical (unpaired) electrons. The van der Waals surface area contributed by atoms with E-state index in [0.29, 0.717) is 12.4 Å². The summed E-state index contributed by atoms with van der Waals surface area (Å²) in [5.74, 6) is 0.344. The SMILES string of the molecule is CCCCCCOC(=O)[C@@H](C)Oc1ccc(O)cc1.